The van der Waals surface area contributed by atoms with Gasteiger partial charge in [0.2, 0.25) is 11.8 Å². The number of sulfonamides is 1. The molecule has 7 nitrogen and oxygen atoms in total. The number of nitrogens with one attached hydrogen (secondary N) is 1. The van der Waals surface area contributed by atoms with Crippen molar-refractivity contribution in [3.63, 3.8) is 0 Å². The second-order valence-corrected chi connectivity index (χ2v) is 13.7. The van der Waals surface area contributed by atoms with Gasteiger partial charge in [-0.15, -0.1) is 0 Å². The zero-order valence-electron chi connectivity index (χ0n) is 25.3. The second kappa shape index (κ2) is 14.8. The molecule has 2 amide bonds. The van der Waals surface area contributed by atoms with Gasteiger partial charge in [0.15, 0.2) is 0 Å². The van der Waals surface area contributed by atoms with E-state index in [0.717, 1.165) is 46.7 Å². The van der Waals surface area contributed by atoms with Gasteiger partial charge < -0.3 is 10.2 Å². The van der Waals surface area contributed by atoms with Crippen LogP contribution in [0.3, 0.4) is 0 Å². The fourth-order valence-electron chi connectivity index (χ4n) is 5.77. The van der Waals surface area contributed by atoms with Crippen molar-refractivity contribution in [2.75, 3.05) is 10.8 Å². The van der Waals surface area contributed by atoms with Crippen LogP contribution in [0.4, 0.5) is 5.69 Å². The van der Waals surface area contributed by atoms with E-state index < -0.39 is 28.5 Å². The third kappa shape index (κ3) is 8.12. The minimum atomic E-state index is -4.18. The Morgan fingerprint density at radius 1 is 0.867 bits per heavy atom. The molecule has 234 valence electrons. The van der Waals surface area contributed by atoms with Crippen molar-refractivity contribution >= 4 is 39.1 Å². The van der Waals surface area contributed by atoms with E-state index in [1.54, 1.807) is 36.4 Å². The monoisotopic (exact) mass is 643 g/mol. The first-order valence-corrected chi connectivity index (χ1v) is 17.1. The van der Waals surface area contributed by atoms with Crippen LogP contribution in [0.25, 0.3) is 0 Å². The highest BCUT2D eigenvalue weighted by atomic mass is 35.5. The third-order valence-electron chi connectivity index (χ3n) is 8.28. The highest BCUT2D eigenvalue weighted by Crippen LogP contribution is 2.27. The van der Waals surface area contributed by atoms with E-state index in [4.69, 9.17) is 11.6 Å². The van der Waals surface area contributed by atoms with E-state index in [0.29, 0.717) is 5.02 Å². The number of benzene rings is 4. The van der Waals surface area contributed by atoms with Gasteiger partial charge in [0.05, 0.1) is 10.6 Å². The van der Waals surface area contributed by atoms with Gasteiger partial charge in [0, 0.05) is 24.0 Å². The fourth-order valence-corrected chi connectivity index (χ4v) is 7.38. The summed E-state index contributed by atoms with van der Waals surface area (Å²) in [5.74, 6) is -0.742. The lowest BCUT2D eigenvalue weighted by atomic mass is 10.0. The SMILES string of the molecule is Cc1ccccc1CN(C(=O)CN(c1cccc(Cl)c1)S(=O)(=O)c1ccccc1)C(Cc1ccccc1)C(=O)NC1CCCC1. The summed E-state index contributed by atoms with van der Waals surface area (Å²) in [5, 5.41) is 3.54. The van der Waals surface area contributed by atoms with Gasteiger partial charge in [-0.05, 0) is 66.8 Å². The minimum absolute atomic E-state index is 0.0445. The number of carbonyl (C=O) groups is 2. The number of carbonyl (C=O) groups excluding carboxylic acids is 2. The predicted molar refractivity (Wildman–Crippen MR) is 178 cm³/mol. The van der Waals surface area contributed by atoms with Crippen molar-refractivity contribution in [1.82, 2.24) is 10.2 Å². The maximum atomic E-state index is 14.6. The first-order valence-electron chi connectivity index (χ1n) is 15.2. The average molecular weight is 644 g/mol. The lowest BCUT2D eigenvalue weighted by molar-refractivity contribution is -0.140. The summed E-state index contributed by atoms with van der Waals surface area (Å²) < 4.78 is 29.2. The number of hydrogen-bond donors (Lipinski definition) is 1. The molecule has 1 aliphatic rings. The fraction of sp³-hybridized carbons (Fsp3) is 0.278. The van der Waals surface area contributed by atoms with Crippen LogP contribution in [0, 0.1) is 6.92 Å². The molecule has 1 fully saturated rings. The average Bonchev–Trinajstić information content (AvgIpc) is 3.56. The Morgan fingerprint density at radius 3 is 2.18 bits per heavy atom. The summed E-state index contributed by atoms with van der Waals surface area (Å²) in [6.45, 7) is 1.57. The molecule has 0 radical (unpaired) electrons. The lowest BCUT2D eigenvalue weighted by Gasteiger charge is -2.34. The summed E-state index contributed by atoms with van der Waals surface area (Å²) in [6, 6.07) is 30.9. The molecule has 1 saturated carbocycles. The van der Waals surface area contributed by atoms with Crippen LogP contribution in [-0.4, -0.2) is 43.8 Å². The molecular weight excluding hydrogens is 606 g/mol. The standard InChI is InChI=1S/C36H38ClN3O4S/c1-27-13-8-9-16-29(27)25-39(34(23-28-14-4-2-5-15-28)36(42)38-31-18-10-11-19-31)35(41)26-40(32-20-12-17-30(37)24-32)45(43,44)33-21-6-3-7-22-33/h2-9,12-17,20-22,24,31,34H,10-11,18-19,23,25-26H2,1H3,(H,38,42). The smallest absolute Gasteiger partial charge is 0.264 e. The Morgan fingerprint density at radius 2 is 1.51 bits per heavy atom. The predicted octanol–water partition coefficient (Wildman–Crippen LogP) is 6.54. The van der Waals surface area contributed by atoms with Crippen molar-refractivity contribution in [3.8, 4) is 0 Å². The summed E-state index contributed by atoms with van der Waals surface area (Å²) in [4.78, 5) is 30.3. The van der Waals surface area contributed by atoms with Crippen molar-refractivity contribution in [2.45, 2.75) is 62.6 Å². The largest absolute Gasteiger partial charge is 0.352 e. The first-order chi connectivity index (χ1) is 21.7. The Kier molecular flexibility index (Phi) is 10.6. The van der Waals surface area contributed by atoms with E-state index in [9.17, 15) is 18.0 Å². The van der Waals surface area contributed by atoms with Crippen LogP contribution in [-0.2, 0) is 32.6 Å². The number of amides is 2. The second-order valence-electron chi connectivity index (χ2n) is 11.4. The summed E-state index contributed by atoms with van der Waals surface area (Å²) in [5.41, 5.74) is 2.99. The molecule has 1 unspecified atom stereocenters. The van der Waals surface area contributed by atoms with Crippen LogP contribution in [0.2, 0.25) is 5.02 Å². The molecule has 4 aromatic carbocycles. The Hall–Kier alpha value is -4.14. The van der Waals surface area contributed by atoms with Crippen molar-refractivity contribution < 1.29 is 18.0 Å². The molecular formula is C36H38ClN3O4S. The van der Waals surface area contributed by atoms with Crippen LogP contribution >= 0.6 is 11.6 Å². The van der Waals surface area contributed by atoms with E-state index >= 15 is 0 Å². The van der Waals surface area contributed by atoms with Gasteiger partial charge in [-0.3, -0.25) is 13.9 Å². The van der Waals surface area contributed by atoms with Gasteiger partial charge in [-0.25, -0.2) is 8.42 Å². The molecule has 0 spiro atoms. The molecule has 45 heavy (non-hydrogen) atoms. The summed E-state index contributed by atoms with van der Waals surface area (Å²) in [7, 11) is -4.18. The zero-order valence-corrected chi connectivity index (χ0v) is 26.9. The Balaban J connectivity index is 1.57. The number of anilines is 1. The van der Waals surface area contributed by atoms with Crippen LogP contribution in [0.5, 0.6) is 0 Å². The molecule has 4 aromatic rings. The number of hydrogen-bond acceptors (Lipinski definition) is 4. The molecule has 9 heteroatoms. The normalized spacial score (nSPS) is 14.1. The lowest BCUT2D eigenvalue weighted by Crippen LogP contribution is -2.54. The maximum absolute atomic E-state index is 14.6. The highest BCUT2D eigenvalue weighted by Gasteiger charge is 2.35. The highest BCUT2D eigenvalue weighted by molar-refractivity contribution is 7.92. The van der Waals surface area contributed by atoms with Crippen LogP contribution < -0.4 is 9.62 Å². The van der Waals surface area contributed by atoms with Gasteiger partial charge in [-0.2, -0.15) is 0 Å². The number of rotatable bonds is 12. The molecule has 1 atom stereocenters. The van der Waals surface area contributed by atoms with Crippen molar-refractivity contribution in [2.24, 2.45) is 0 Å². The van der Waals surface area contributed by atoms with E-state index in [1.807, 2.05) is 61.5 Å². The van der Waals surface area contributed by atoms with Crippen LogP contribution in [0.15, 0.2) is 114 Å². The maximum Gasteiger partial charge on any atom is 0.264 e. The zero-order chi connectivity index (χ0) is 31.8. The van der Waals surface area contributed by atoms with Gasteiger partial charge in [0.25, 0.3) is 10.0 Å². The minimum Gasteiger partial charge on any atom is -0.352 e. The van der Waals surface area contributed by atoms with E-state index in [-0.39, 0.29) is 35.5 Å². The topological polar surface area (TPSA) is 86.8 Å². The van der Waals surface area contributed by atoms with Crippen LogP contribution in [0.1, 0.15) is 42.4 Å². The van der Waals surface area contributed by atoms with Gasteiger partial charge >= 0.3 is 0 Å². The quantitative estimate of drug-likeness (QED) is 0.190. The number of nitrogens with zero attached hydrogens (tertiary/aromatic N) is 2. The summed E-state index contributed by atoms with van der Waals surface area (Å²) >= 11 is 6.30. The molecule has 5 rings (SSSR count). The molecule has 0 saturated heterocycles. The molecule has 0 aliphatic heterocycles. The van der Waals surface area contributed by atoms with Gasteiger partial charge in [-0.1, -0.05) is 103 Å². The number of aryl methyl sites for hydroxylation is 1. The number of halogens is 1. The summed E-state index contributed by atoms with van der Waals surface area (Å²) in [6.07, 6.45) is 4.17. The third-order valence-corrected chi connectivity index (χ3v) is 10.3. The molecule has 1 aliphatic carbocycles. The Bertz CT molecular complexity index is 1710. The van der Waals surface area contributed by atoms with Crippen molar-refractivity contribution in [1.29, 1.82) is 0 Å². The molecule has 0 aromatic heterocycles. The first kappa shape index (κ1) is 32.3. The molecule has 1 N–H and O–H groups in total. The van der Waals surface area contributed by atoms with E-state index in [2.05, 4.69) is 5.32 Å². The molecule has 0 bridgehead atoms. The van der Waals surface area contributed by atoms with E-state index in [1.165, 1.54) is 23.1 Å². The molecule has 0 heterocycles. The van der Waals surface area contributed by atoms with Crippen molar-refractivity contribution in [3.05, 3.63) is 131 Å². The Labute approximate surface area is 270 Å². The van der Waals surface area contributed by atoms with Gasteiger partial charge in [0.1, 0.15) is 12.6 Å².